The van der Waals surface area contributed by atoms with Crippen molar-refractivity contribution < 1.29 is 8.81 Å². The largest absolute Gasteiger partial charge is 0.444 e. The van der Waals surface area contributed by atoms with E-state index in [2.05, 4.69) is 27.2 Å². The van der Waals surface area contributed by atoms with Gasteiger partial charge in [-0.2, -0.15) is 0 Å². The minimum absolute atomic E-state index is 0. The number of nitrogens with zero attached hydrogens (tertiary/aromatic N) is 2. The van der Waals surface area contributed by atoms with E-state index in [0.29, 0.717) is 25.4 Å². The lowest BCUT2D eigenvalue weighted by Gasteiger charge is -2.08. The molecule has 0 aliphatic heterocycles. The summed E-state index contributed by atoms with van der Waals surface area (Å²) in [6.07, 6.45) is 4.05. The zero-order chi connectivity index (χ0) is 16.5. The van der Waals surface area contributed by atoms with E-state index in [9.17, 15) is 4.39 Å². The number of benzene rings is 1. The summed E-state index contributed by atoms with van der Waals surface area (Å²) in [5.41, 5.74) is 1.56. The highest BCUT2D eigenvalue weighted by Crippen LogP contribution is 2.19. The molecular formula is C17H22FIN4O. The second-order valence-corrected chi connectivity index (χ2v) is 4.83. The van der Waals surface area contributed by atoms with Crippen molar-refractivity contribution in [1.29, 1.82) is 0 Å². The van der Waals surface area contributed by atoms with Crippen LogP contribution in [0.2, 0.25) is 0 Å². The molecule has 0 bridgehead atoms. The van der Waals surface area contributed by atoms with Crippen LogP contribution >= 0.6 is 24.0 Å². The SMILES string of the molecule is C=CCNC(=NCCc1coc(-c2ccc(F)cc2)n1)NCC.I. The van der Waals surface area contributed by atoms with Gasteiger partial charge in [-0.05, 0) is 31.2 Å². The van der Waals surface area contributed by atoms with Crippen molar-refractivity contribution in [2.24, 2.45) is 4.99 Å². The first kappa shape index (κ1) is 20.1. The molecule has 0 spiro atoms. The average Bonchev–Trinajstić information content (AvgIpc) is 3.02. The van der Waals surface area contributed by atoms with E-state index >= 15 is 0 Å². The van der Waals surface area contributed by atoms with Crippen LogP contribution in [0.25, 0.3) is 11.5 Å². The van der Waals surface area contributed by atoms with E-state index in [0.717, 1.165) is 23.8 Å². The summed E-state index contributed by atoms with van der Waals surface area (Å²) in [5.74, 6) is 0.952. The minimum Gasteiger partial charge on any atom is -0.444 e. The summed E-state index contributed by atoms with van der Waals surface area (Å²) in [7, 11) is 0. The van der Waals surface area contributed by atoms with Gasteiger partial charge in [0.05, 0.1) is 5.69 Å². The lowest BCUT2D eigenvalue weighted by molar-refractivity contribution is 0.572. The number of nitrogens with one attached hydrogen (secondary N) is 2. The first-order valence-electron chi connectivity index (χ1n) is 7.56. The van der Waals surface area contributed by atoms with Crippen LogP contribution in [0.1, 0.15) is 12.6 Å². The number of oxazole rings is 1. The number of guanidine groups is 1. The predicted octanol–water partition coefficient (Wildman–Crippen LogP) is 3.38. The molecule has 7 heteroatoms. The Hall–Kier alpha value is -1.90. The number of hydrogen-bond acceptors (Lipinski definition) is 3. The van der Waals surface area contributed by atoms with Crippen molar-refractivity contribution in [3.63, 3.8) is 0 Å². The maximum absolute atomic E-state index is 12.9. The van der Waals surface area contributed by atoms with Crippen LogP contribution in [0.5, 0.6) is 0 Å². The molecule has 0 aliphatic rings. The van der Waals surface area contributed by atoms with E-state index in [4.69, 9.17) is 4.42 Å². The number of hydrogen-bond donors (Lipinski definition) is 2. The Morgan fingerprint density at radius 1 is 1.33 bits per heavy atom. The van der Waals surface area contributed by atoms with Crippen LogP contribution in [0.4, 0.5) is 4.39 Å². The second kappa shape index (κ2) is 10.8. The molecule has 24 heavy (non-hydrogen) atoms. The molecule has 2 N–H and O–H groups in total. The molecule has 0 radical (unpaired) electrons. The molecule has 0 atom stereocenters. The molecule has 0 saturated carbocycles. The van der Waals surface area contributed by atoms with Gasteiger partial charge in [0.2, 0.25) is 5.89 Å². The lowest BCUT2D eigenvalue weighted by Crippen LogP contribution is -2.37. The van der Waals surface area contributed by atoms with Gasteiger partial charge in [-0.1, -0.05) is 6.08 Å². The van der Waals surface area contributed by atoms with E-state index in [1.165, 1.54) is 12.1 Å². The van der Waals surface area contributed by atoms with Gasteiger partial charge in [0.15, 0.2) is 5.96 Å². The Kier molecular flexibility index (Phi) is 9.06. The Labute approximate surface area is 158 Å². The van der Waals surface area contributed by atoms with Crippen LogP contribution in [0.15, 0.2) is 52.6 Å². The van der Waals surface area contributed by atoms with Gasteiger partial charge < -0.3 is 15.1 Å². The molecule has 2 aromatic rings. The van der Waals surface area contributed by atoms with Crippen LogP contribution < -0.4 is 10.6 Å². The number of halogens is 2. The van der Waals surface area contributed by atoms with Crippen molar-refractivity contribution >= 4 is 29.9 Å². The highest BCUT2D eigenvalue weighted by atomic mass is 127. The normalized spacial score (nSPS) is 10.8. The van der Waals surface area contributed by atoms with E-state index in [-0.39, 0.29) is 29.8 Å². The molecule has 0 saturated heterocycles. The molecule has 2 rings (SSSR count). The summed E-state index contributed by atoms with van der Waals surface area (Å²) in [5, 5.41) is 6.29. The van der Waals surface area contributed by atoms with Gasteiger partial charge in [0.25, 0.3) is 0 Å². The quantitative estimate of drug-likeness (QED) is 0.298. The van der Waals surface area contributed by atoms with Crippen molar-refractivity contribution in [2.45, 2.75) is 13.3 Å². The van der Waals surface area contributed by atoms with Gasteiger partial charge >= 0.3 is 0 Å². The molecule has 5 nitrogen and oxygen atoms in total. The Bertz CT molecular complexity index is 655. The molecule has 130 valence electrons. The average molecular weight is 444 g/mol. The standard InChI is InChI=1S/C17H21FN4O.HI/c1-3-10-20-17(19-4-2)21-11-9-15-12-23-16(22-15)13-5-7-14(18)8-6-13;/h3,5-8,12H,1,4,9-11H2,2H3,(H2,19,20,21);1H. The third kappa shape index (κ3) is 6.31. The molecule has 0 aliphatic carbocycles. The topological polar surface area (TPSA) is 62.5 Å². The lowest BCUT2D eigenvalue weighted by atomic mass is 10.2. The van der Waals surface area contributed by atoms with Crippen molar-refractivity contribution in [3.05, 3.63) is 54.7 Å². The van der Waals surface area contributed by atoms with Gasteiger partial charge in [0, 0.05) is 31.6 Å². The molecule has 0 amide bonds. The van der Waals surface area contributed by atoms with Crippen LogP contribution in [0.3, 0.4) is 0 Å². The smallest absolute Gasteiger partial charge is 0.226 e. The van der Waals surface area contributed by atoms with Gasteiger partial charge in [-0.15, -0.1) is 30.6 Å². The maximum atomic E-state index is 12.9. The van der Waals surface area contributed by atoms with Crippen molar-refractivity contribution in [2.75, 3.05) is 19.6 Å². The molecule has 1 aromatic heterocycles. The number of rotatable bonds is 7. The third-order valence-electron chi connectivity index (χ3n) is 3.04. The summed E-state index contributed by atoms with van der Waals surface area (Å²) < 4.78 is 18.4. The van der Waals surface area contributed by atoms with Crippen LogP contribution in [0, 0.1) is 5.82 Å². The summed E-state index contributed by atoms with van der Waals surface area (Å²) in [6, 6.07) is 6.06. The number of aromatic nitrogens is 1. The fourth-order valence-corrected chi connectivity index (χ4v) is 1.94. The molecule has 1 heterocycles. The Morgan fingerprint density at radius 2 is 2.08 bits per heavy atom. The zero-order valence-corrected chi connectivity index (χ0v) is 15.9. The minimum atomic E-state index is -0.280. The fourth-order valence-electron chi connectivity index (χ4n) is 1.94. The van der Waals surface area contributed by atoms with Gasteiger partial charge in [0.1, 0.15) is 12.1 Å². The Morgan fingerprint density at radius 3 is 2.75 bits per heavy atom. The monoisotopic (exact) mass is 444 g/mol. The molecule has 0 unspecified atom stereocenters. The summed E-state index contributed by atoms with van der Waals surface area (Å²) >= 11 is 0. The molecule has 0 fully saturated rings. The van der Waals surface area contributed by atoms with Crippen molar-refractivity contribution in [1.82, 2.24) is 15.6 Å². The fraction of sp³-hybridized carbons (Fsp3) is 0.294. The van der Waals surface area contributed by atoms with Crippen LogP contribution in [-0.4, -0.2) is 30.6 Å². The molecule has 1 aromatic carbocycles. The third-order valence-corrected chi connectivity index (χ3v) is 3.04. The van der Waals surface area contributed by atoms with Gasteiger partial charge in [-0.25, -0.2) is 9.37 Å². The predicted molar refractivity (Wildman–Crippen MR) is 105 cm³/mol. The van der Waals surface area contributed by atoms with Gasteiger partial charge in [-0.3, -0.25) is 4.99 Å². The number of aliphatic imine (C=N–C) groups is 1. The summed E-state index contributed by atoms with van der Waals surface area (Å²) in [6.45, 7) is 7.71. The highest BCUT2D eigenvalue weighted by molar-refractivity contribution is 14.0. The van der Waals surface area contributed by atoms with Crippen LogP contribution in [-0.2, 0) is 6.42 Å². The second-order valence-electron chi connectivity index (χ2n) is 4.83. The van der Waals surface area contributed by atoms with Crippen molar-refractivity contribution in [3.8, 4) is 11.5 Å². The first-order chi connectivity index (χ1) is 11.2. The highest BCUT2D eigenvalue weighted by Gasteiger charge is 2.06. The molecular weight excluding hydrogens is 422 g/mol. The Balaban J connectivity index is 0.00000288. The summed E-state index contributed by atoms with van der Waals surface area (Å²) in [4.78, 5) is 8.86. The first-order valence-corrected chi connectivity index (χ1v) is 7.56. The maximum Gasteiger partial charge on any atom is 0.226 e. The van der Waals surface area contributed by atoms with E-state index < -0.39 is 0 Å². The van der Waals surface area contributed by atoms with E-state index in [1.54, 1.807) is 24.5 Å². The zero-order valence-electron chi connectivity index (χ0n) is 13.6. The van der Waals surface area contributed by atoms with E-state index in [1.807, 2.05) is 6.92 Å².